The molecule has 2 nitrogen and oxygen atoms in total. The zero-order chi connectivity index (χ0) is 12.7. The number of carbonyl (C=O) groups excluding carboxylic acids is 1. The van der Waals surface area contributed by atoms with Gasteiger partial charge in [-0.05, 0) is 0 Å². The van der Waals surface area contributed by atoms with Gasteiger partial charge in [0.25, 0.3) is 0 Å². The van der Waals surface area contributed by atoms with Crippen molar-refractivity contribution in [3.8, 4) is 0 Å². The Labute approximate surface area is 75.2 Å². The maximum absolute atomic E-state index is 12.0. The second kappa shape index (κ2) is 3.45. The summed E-state index contributed by atoms with van der Waals surface area (Å²) in [5, 5.41) is 0. The van der Waals surface area contributed by atoms with E-state index in [2.05, 4.69) is 0 Å². The Morgan fingerprint density at radius 3 is 1.27 bits per heavy atom. The van der Waals surface area contributed by atoms with E-state index >= 15 is 0 Å². The normalized spacial score (nSPS) is 13.9. The van der Waals surface area contributed by atoms with Gasteiger partial charge in [0.05, 0.1) is 0 Å². The predicted molar refractivity (Wildman–Crippen MR) is 25.4 cm³/mol. The molecule has 90 valence electrons. The summed E-state index contributed by atoms with van der Waals surface area (Å²) in [4.78, 5) is 6.30. The first-order valence-electron chi connectivity index (χ1n) is 2.83. The molecule has 1 amide bonds. The van der Waals surface area contributed by atoms with E-state index in [-0.39, 0.29) is 0 Å². The molecule has 0 heterocycles. The number of carbonyl (C=O) groups is 1. The van der Waals surface area contributed by atoms with E-state index in [0.29, 0.717) is 0 Å². The summed E-state index contributed by atoms with van der Waals surface area (Å²) < 4.78 is 104. The van der Waals surface area contributed by atoms with Crippen LogP contribution in [0.4, 0.5) is 44.3 Å². The standard InChI is InChI=1S/C4F9NO/c5-1(15)14(4(11,12)13)3(9,10)2(6,7)8. The maximum atomic E-state index is 12.0. The second-order valence-corrected chi connectivity index (χ2v) is 2.10. The third kappa shape index (κ3) is 2.65. The minimum absolute atomic E-state index is 3.14. The van der Waals surface area contributed by atoms with Crippen molar-refractivity contribution in [1.82, 2.24) is 4.90 Å². The summed E-state index contributed by atoms with van der Waals surface area (Å²) in [7, 11) is 0. The minimum Gasteiger partial charge on any atom is -0.234 e. The number of nitrogens with zero attached hydrogens (tertiary/aromatic N) is 1. The summed E-state index contributed by atoms with van der Waals surface area (Å²) in [6.45, 7) is 0. The van der Waals surface area contributed by atoms with Gasteiger partial charge in [0, 0.05) is 0 Å². The van der Waals surface area contributed by atoms with E-state index in [1.165, 1.54) is 0 Å². The number of alkyl halides is 8. The van der Waals surface area contributed by atoms with Crippen LogP contribution in [0.5, 0.6) is 0 Å². The monoisotopic (exact) mass is 249 g/mol. The number of amides is 1. The SMILES string of the molecule is O=C(F)N(C(F)(F)F)C(F)(F)C(F)(F)F. The molecule has 0 spiro atoms. The van der Waals surface area contributed by atoms with E-state index in [1.54, 1.807) is 0 Å². The Hall–Kier alpha value is -1.16. The zero-order valence-electron chi connectivity index (χ0n) is 6.26. The lowest BCUT2D eigenvalue weighted by Gasteiger charge is -2.30. The number of hydrogen-bond donors (Lipinski definition) is 0. The summed E-state index contributed by atoms with van der Waals surface area (Å²) in [6.07, 6.45) is -17.2. The first-order chi connectivity index (χ1) is 6.32. The zero-order valence-corrected chi connectivity index (χ0v) is 6.26. The van der Waals surface area contributed by atoms with Gasteiger partial charge in [-0.1, -0.05) is 0 Å². The molecule has 0 unspecified atom stereocenters. The Morgan fingerprint density at radius 2 is 1.20 bits per heavy atom. The van der Waals surface area contributed by atoms with Gasteiger partial charge >= 0.3 is 24.7 Å². The highest BCUT2D eigenvalue weighted by molar-refractivity contribution is 5.67. The van der Waals surface area contributed by atoms with E-state index < -0.39 is 29.6 Å². The summed E-state index contributed by atoms with van der Waals surface area (Å²) in [5.74, 6) is 0. The quantitative estimate of drug-likeness (QED) is 0.397. The highest BCUT2D eigenvalue weighted by Gasteiger charge is 2.70. The highest BCUT2D eigenvalue weighted by atomic mass is 19.4. The van der Waals surface area contributed by atoms with Crippen LogP contribution in [0.15, 0.2) is 0 Å². The molecule has 15 heavy (non-hydrogen) atoms. The predicted octanol–water partition coefficient (Wildman–Crippen LogP) is 3.05. The molecule has 0 saturated carbocycles. The number of rotatable bonds is 1. The fraction of sp³-hybridized carbons (Fsp3) is 0.750. The number of hydrogen-bond acceptors (Lipinski definition) is 1. The van der Waals surface area contributed by atoms with Crippen LogP contribution in [0.2, 0.25) is 0 Å². The van der Waals surface area contributed by atoms with E-state index in [9.17, 15) is 44.3 Å². The van der Waals surface area contributed by atoms with E-state index in [1.807, 2.05) is 0 Å². The van der Waals surface area contributed by atoms with Crippen LogP contribution in [0.1, 0.15) is 0 Å². The molecule has 0 radical (unpaired) electrons. The lowest BCUT2D eigenvalue weighted by atomic mass is 10.5. The molecule has 0 aromatic heterocycles. The summed E-state index contributed by atoms with van der Waals surface area (Å²) in [6, 6.07) is -6.66. The lowest BCUT2D eigenvalue weighted by Crippen LogP contribution is -2.59. The smallest absolute Gasteiger partial charge is 0.234 e. The van der Waals surface area contributed by atoms with Gasteiger partial charge in [0.15, 0.2) is 0 Å². The fourth-order valence-corrected chi connectivity index (χ4v) is 0.496. The molecule has 0 aromatic carbocycles. The van der Waals surface area contributed by atoms with Gasteiger partial charge in [0.1, 0.15) is 0 Å². The third-order valence-electron chi connectivity index (χ3n) is 1.05. The van der Waals surface area contributed by atoms with Crippen molar-refractivity contribution in [1.29, 1.82) is 0 Å². The molecule has 0 bridgehead atoms. The summed E-state index contributed by atoms with van der Waals surface area (Å²) >= 11 is 0. The first-order valence-corrected chi connectivity index (χ1v) is 2.83. The van der Waals surface area contributed by atoms with E-state index in [4.69, 9.17) is 0 Å². The first kappa shape index (κ1) is 13.8. The topological polar surface area (TPSA) is 20.3 Å². The molecular formula is C4F9NO. The minimum atomic E-state index is -6.73. The molecular weight excluding hydrogens is 249 g/mol. The Morgan fingerprint density at radius 1 is 0.867 bits per heavy atom. The van der Waals surface area contributed by atoms with Crippen molar-refractivity contribution in [3.63, 3.8) is 0 Å². The number of halogens is 9. The van der Waals surface area contributed by atoms with Gasteiger partial charge in [-0.2, -0.15) is 26.9 Å². The van der Waals surface area contributed by atoms with Crippen LogP contribution in [-0.2, 0) is 0 Å². The summed E-state index contributed by atoms with van der Waals surface area (Å²) in [5.41, 5.74) is 0. The van der Waals surface area contributed by atoms with Crippen LogP contribution in [0.25, 0.3) is 0 Å². The van der Waals surface area contributed by atoms with Gasteiger partial charge in [0.2, 0.25) is 0 Å². The Bertz CT molecular complexity index is 252. The molecule has 0 aromatic rings. The van der Waals surface area contributed by atoms with Crippen LogP contribution in [0.3, 0.4) is 0 Å². The van der Waals surface area contributed by atoms with Gasteiger partial charge in [-0.3, -0.25) is 0 Å². The molecule has 0 saturated heterocycles. The van der Waals surface area contributed by atoms with Crippen LogP contribution in [-0.4, -0.2) is 29.6 Å². The van der Waals surface area contributed by atoms with Gasteiger partial charge in [-0.15, -0.1) is 17.6 Å². The van der Waals surface area contributed by atoms with Crippen molar-refractivity contribution in [3.05, 3.63) is 0 Å². The van der Waals surface area contributed by atoms with Crippen LogP contribution < -0.4 is 0 Å². The average molecular weight is 249 g/mol. The van der Waals surface area contributed by atoms with Gasteiger partial charge in [-0.25, -0.2) is 4.79 Å². The second-order valence-electron chi connectivity index (χ2n) is 2.10. The van der Waals surface area contributed by atoms with Crippen molar-refractivity contribution >= 4 is 6.16 Å². The Balaban J connectivity index is 5.38. The molecule has 0 rings (SSSR count). The molecule has 0 fully saturated rings. The van der Waals surface area contributed by atoms with Crippen LogP contribution >= 0.6 is 0 Å². The van der Waals surface area contributed by atoms with Crippen molar-refractivity contribution in [2.24, 2.45) is 0 Å². The van der Waals surface area contributed by atoms with Gasteiger partial charge < -0.3 is 0 Å². The molecule has 0 aliphatic heterocycles. The van der Waals surface area contributed by atoms with Crippen LogP contribution in [0, 0.1) is 0 Å². The van der Waals surface area contributed by atoms with Crippen molar-refractivity contribution in [2.45, 2.75) is 18.5 Å². The molecule has 0 aliphatic carbocycles. The molecule has 11 heteroatoms. The van der Waals surface area contributed by atoms with Crippen molar-refractivity contribution in [2.75, 3.05) is 0 Å². The maximum Gasteiger partial charge on any atom is 0.494 e. The van der Waals surface area contributed by atoms with Crippen molar-refractivity contribution < 1.29 is 44.3 Å². The molecule has 0 atom stereocenters. The average Bonchev–Trinajstić information content (AvgIpc) is 1.76. The largest absolute Gasteiger partial charge is 0.494 e. The highest BCUT2D eigenvalue weighted by Crippen LogP contribution is 2.43. The third-order valence-corrected chi connectivity index (χ3v) is 1.05. The fourth-order valence-electron chi connectivity index (χ4n) is 0.496. The molecule has 0 N–H and O–H groups in total. The molecule has 0 aliphatic rings. The lowest BCUT2D eigenvalue weighted by molar-refractivity contribution is -0.393. The van der Waals surface area contributed by atoms with E-state index in [0.717, 1.165) is 0 Å². The Kier molecular flexibility index (Phi) is 3.18.